The molecule has 0 aliphatic rings. The summed E-state index contributed by atoms with van der Waals surface area (Å²) in [6.07, 6.45) is 0. The van der Waals surface area contributed by atoms with Crippen molar-refractivity contribution in [3.63, 3.8) is 0 Å². The molecule has 3 rings (SSSR count). The molecule has 9 heteroatoms. The SMILES string of the molecule is COc1ccc(NS(=O)(=O)c2cccc(C(=O)NCc3ccsc3)c2)cc1Br. The van der Waals surface area contributed by atoms with Crippen molar-refractivity contribution in [2.75, 3.05) is 11.8 Å². The van der Waals surface area contributed by atoms with Gasteiger partial charge < -0.3 is 10.1 Å². The summed E-state index contributed by atoms with van der Waals surface area (Å²) in [5, 5.41) is 6.65. The third-order valence-electron chi connectivity index (χ3n) is 3.84. The predicted molar refractivity (Wildman–Crippen MR) is 113 cm³/mol. The molecule has 1 amide bonds. The van der Waals surface area contributed by atoms with E-state index >= 15 is 0 Å². The van der Waals surface area contributed by atoms with Gasteiger partial charge in [-0.05, 0) is 74.7 Å². The van der Waals surface area contributed by atoms with E-state index in [1.54, 1.807) is 35.6 Å². The van der Waals surface area contributed by atoms with Crippen LogP contribution >= 0.6 is 27.3 Å². The molecule has 0 aliphatic heterocycles. The minimum atomic E-state index is -3.85. The van der Waals surface area contributed by atoms with Crippen molar-refractivity contribution >= 4 is 48.9 Å². The lowest BCUT2D eigenvalue weighted by Crippen LogP contribution is -2.23. The predicted octanol–water partition coefficient (Wildman–Crippen LogP) is 4.25. The molecule has 146 valence electrons. The number of benzene rings is 2. The Labute approximate surface area is 175 Å². The quantitative estimate of drug-likeness (QED) is 0.529. The van der Waals surface area contributed by atoms with Gasteiger partial charge in [-0.3, -0.25) is 9.52 Å². The summed E-state index contributed by atoms with van der Waals surface area (Å²) < 4.78 is 33.7. The van der Waals surface area contributed by atoms with Crippen LogP contribution in [0.25, 0.3) is 0 Å². The van der Waals surface area contributed by atoms with Crippen LogP contribution in [0, 0.1) is 0 Å². The number of anilines is 1. The molecule has 3 aromatic rings. The zero-order valence-electron chi connectivity index (χ0n) is 14.8. The summed E-state index contributed by atoms with van der Waals surface area (Å²) in [7, 11) is -2.33. The van der Waals surface area contributed by atoms with Gasteiger partial charge >= 0.3 is 0 Å². The maximum atomic E-state index is 12.7. The van der Waals surface area contributed by atoms with Gasteiger partial charge in [0.1, 0.15) is 5.75 Å². The van der Waals surface area contributed by atoms with E-state index in [0.717, 1.165) is 5.56 Å². The number of rotatable bonds is 7. The normalized spacial score (nSPS) is 11.1. The Morgan fingerprint density at radius 1 is 1.18 bits per heavy atom. The van der Waals surface area contributed by atoms with Gasteiger partial charge in [0.2, 0.25) is 0 Å². The Balaban J connectivity index is 1.76. The molecule has 1 heterocycles. The number of ether oxygens (including phenoxy) is 1. The van der Waals surface area contributed by atoms with E-state index in [9.17, 15) is 13.2 Å². The number of amides is 1. The first-order valence-corrected chi connectivity index (χ1v) is 11.4. The van der Waals surface area contributed by atoms with Crippen molar-refractivity contribution in [1.82, 2.24) is 5.32 Å². The molecule has 2 N–H and O–H groups in total. The standard InChI is InChI=1S/C19H17BrN2O4S2/c1-26-18-6-5-15(10-17(18)20)22-28(24,25)16-4-2-3-14(9-16)19(23)21-11-13-7-8-27-12-13/h2-10,12,22H,11H2,1H3,(H,21,23). The molecule has 0 bridgehead atoms. The number of hydrogen-bond donors (Lipinski definition) is 2. The Bertz CT molecular complexity index is 1080. The minimum Gasteiger partial charge on any atom is -0.496 e. The molecule has 0 saturated heterocycles. The maximum absolute atomic E-state index is 12.7. The zero-order chi connectivity index (χ0) is 20.1. The molecular weight excluding hydrogens is 464 g/mol. The number of methoxy groups -OCH3 is 1. The highest BCUT2D eigenvalue weighted by molar-refractivity contribution is 9.10. The number of halogens is 1. The number of carbonyl (C=O) groups is 1. The highest BCUT2D eigenvalue weighted by Crippen LogP contribution is 2.29. The van der Waals surface area contributed by atoms with Crippen LogP contribution < -0.4 is 14.8 Å². The molecule has 2 aromatic carbocycles. The van der Waals surface area contributed by atoms with Gasteiger partial charge in [0.05, 0.1) is 22.2 Å². The van der Waals surface area contributed by atoms with Crippen LogP contribution in [-0.4, -0.2) is 21.4 Å². The largest absolute Gasteiger partial charge is 0.496 e. The van der Waals surface area contributed by atoms with E-state index in [1.165, 1.54) is 25.3 Å². The van der Waals surface area contributed by atoms with Crippen molar-refractivity contribution in [3.8, 4) is 5.75 Å². The van der Waals surface area contributed by atoms with E-state index in [-0.39, 0.29) is 16.4 Å². The number of thiophene rings is 1. The average Bonchev–Trinajstić information content (AvgIpc) is 3.20. The smallest absolute Gasteiger partial charge is 0.261 e. The Morgan fingerprint density at radius 2 is 2.00 bits per heavy atom. The summed E-state index contributed by atoms with van der Waals surface area (Å²) in [5.74, 6) is 0.252. The number of carbonyl (C=O) groups excluding carboxylic acids is 1. The third-order valence-corrected chi connectivity index (χ3v) is 6.57. The van der Waals surface area contributed by atoms with E-state index in [4.69, 9.17) is 4.74 Å². The fourth-order valence-electron chi connectivity index (χ4n) is 2.43. The van der Waals surface area contributed by atoms with Gasteiger partial charge in [0.25, 0.3) is 15.9 Å². The first kappa shape index (κ1) is 20.4. The van der Waals surface area contributed by atoms with Crippen LogP contribution in [-0.2, 0) is 16.6 Å². The maximum Gasteiger partial charge on any atom is 0.261 e. The summed E-state index contributed by atoms with van der Waals surface area (Å²) in [6.45, 7) is 0.386. The molecule has 1 aromatic heterocycles. The van der Waals surface area contributed by atoms with E-state index in [2.05, 4.69) is 26.0 Å². The molecule has 0 fully saturated rings. The van der Waals surface area contributed by atoms with E-state index < -0.39 is 10.0 Å². The van der Waals surface area contributed by atoms with Gasteiger partial charge in [-0.2, -0.15) is 11.3 Å². The Hall–Kier alpha value is -2.36. The lowest BCUT2D eigenvalue weighted by atomic mass is 10.2. The van der Waals surface area contributed by atoms with Gasteiger partial charge in [0, 0.05) is 12.1 Å². The van der Waals surface area contributed by atoms with Crippen molar-refractivity contribution in [3.05, 3.63) is 74.9 Å². The lowest BCUT2D eigenvalue weighted by molar-refractivity contribution is 0.0950. The van der Waals surface area contributed by atoms with Crippen LogP contribution in [0.4, 0.5) is 5.69 Å². The first-order chi connectivity index (χ1) is 13.4. The van der Waals surface area contributed by atoms with Crippen molar-refractivity contribution in [2.45, 2.75) is 11.4 Å². The fourth-order valence-corrected chi connectivity index (χ4v) is 4.73. The summed E-state index contributed by atoms with van der Waals surface area (Å²) in [4.78, 5) is 12.4. The molecule has 6 nitrogen and oxygen atoms in total. The molecule has 0 atom stereocenters. The van der Waals surface area contributed by atoms with Crippen LogP contribution in [0.1, 0.15) is 15.9 Å². The highest BCUT2D eigenvalue weighted by Gasteiger charge is 2.17. The topological polar surface area (TPSA) is 84.5 Å². The monoisotopic (exact) mass is 480 g/mol. The van der Waals surface area contributed by atoms with Crippen LogP contribution in [0.5, 0.6) is 5.75 Å². The molecular formula is C19H17BrN2O4S2. The molecule has 0 saturated carbocycles. The molecule has 0 unspecified atom stereocenters. The van der Waals surface area contributed by atoms with E-state index in [1.807, 2.05) is 16.8 Å². The summed E-state index contributed by atoms with van der Waals surface area (Å²) in [6, 6.07) is 12.7. The molecule has 0 spiro atoms. The second-order valence-electron chi connectivity index (χ2n) is 5.80. The number of hydrogen-bond acceptors (Lipinski definition) is 5. The first-order valence-electron chi connectivity index (χ1n) is 8.15. The summed E-state index contributed by atoms with van der Waals surface area (Å²) in [5.41, 5.74) is 1.64. The zero-order valence-corrected chi connectivity index (χ0v) is 18.0. The van der Waals surface area contributed by atoms with Crippen molar-refractivity contribution in [1.29, 1.82) is 0 Å². The van der Waals surface area contributed by atoms with Gasteiger partial charge in [-0.25, -0.2) is 8.42 Å². The number of nitrogens with one attached hydrogen (secondary N) is 2. The Morgan fingerprint density at radius 3 is 2.68 bits per heavy atom. The highest BCUT2D eigenvalue weighted by atomic mass is 79.9. The molecule has 28 heavy (non-hydrogen) atoms. The molecule has 0 radical (unpaired) electrons. The number of sulfonamides is 1. The van der Waals surface area contributed by atoms with Gasteiger partial charge in [0.15, 0.2) is 0 Å². The third kappa shape index (κ3) is 4.92. The fraction of sp³-hybridized carbons (Fsp3) is 0.105. The molecule has 0 aliphatic carbocycles. The van der Waals surface area contributed by atoms with Crippen LogP contribution in [0.15, 0.2) is 68.7 Å². The summed E-state index contributed by atoms with van der Waals surface area (Å²) >= 11 is 4.87. The van der Waals surface area contributed by atoms with Crippen molar-refractivity contribution < 1.29 is 17.9 Å². The van der Waals surface area contributed by atoms with Crippen molar-refractivity contribution in [2.24, 2.45) is 0 Å². The van der Waals surface area contributed by atoms with Gasteiger partial charge in [-0.1, -0.05) is 6.07 Å². The second kappa shape index (κ2) is 8.76. The second-order valence-corrected chi connectivity index (χ2v) is 9.11. The lowest BCUT2D eigenvalue weighted by Gasteiger charge is -2.11. The van der Waals surface area contributed by atoms with Gasteiger partial charge in [-0.15, -0.1) is 0 Å². The van der Waals surface area contributed by atoms with Crippen LogP contribution in [0.2, 0.25) is 0 Å². The average molecular weight is 481 g/mol. The Kier molecular flexibility index (Phi) is 6.38. The van der Waals surface area contributed by atoms with E-state index in [0.29, 0.717) is 22.5 Å². The minimum absolute atomic E-state index is 0.00243. The van der Waals surface area contributed by atoms with Crippen LogP contribution in [0.3, 0.4) is 0 Å².